The fraction of sp³-hybridized carbons (Fsp3) is 0.733. The van der Waals surface area contributed by atoms with Crippen LogP contribution in [-0.2, 0) is 4.74 Å². The van der Waals surface area contributed by atoms with Gasteiger partial charge in [-0.1, -0.05) is 13.8 Å². The van der Waals surface area contributed by atoms with Gasteiger partial charge in [-0.15, -0.1) is 0 Å². The minimum absolute atomic E-state index is 0.247. The third kappa shape index (κ3) is 2.34. The molecule has 0 amide bonds. The zero-order valence-corrected chi connectivity index (χ0v) is 11.9. The maximum absolute atomic E-state index is 5.82. The Bertz CT molecular complexity index is 363. The monoisotopic (exact) mass is 251 g/mol. The van der Waals surface area contributed by atoms with Gasteiger partial charge in [0.1, 0.15) is 5.76 Å². The molecule has 0 radical (unpaired) electrons. The van der Waals surface area contributed by atoms with E-state index in [1.807, 2.05) is 12.1 Å². The fourth-order valence-corrected chi connectivity index (χ4v) is 2.93. The van der Waals surface area contributed by atoms with Crippen LogP contribution < -0.4 is 5.32 Å². The molecule has 3 heteroatoms. The van der Waals surface area contributed by atoms with E-state index < -0.39 is 0 Å². The molecular formula is C15H25NO2. The van der Waals surface area contributed by atoms with Crippen LogP contribution in [0.4, 0.5) is 0 Å². The summed E-state index contributed by atoms with van der Waals surface area (Å²) in [7, 11) is 0. The van der Waals surface area contributed by atoms with Gasteiger partial charge in [-0.25, -0.2) is 0 Å². The molecular weight excluding hydrogens is 226 g/mol. The minimum Gasteiger partial charge on any atom is -0.468 e. The molecule has 4 atom stereocenters. The highest BCUT2D eigenvalue weighted by atomic mass is 16.5. The molecule has 1 N–H and O–H groups in total. The SMILES string of the molecule is CCOC1CC(NC(C)c2ccco2)C1(C)CC. The zero-order valence-electron chi connectivity index (χ0n) is 11.9. The Labute approximate surface area is 110 Å². The number of furan rings is 1. The molecule has 102 valence electrons. The summed E-state index contributed by atoms with van der Waals surface area (Å²) in [6.45, 7) is 9.60. The summed E-state index contributed by atoms with van der Waals surface area (Å²) in [6, 6.07) is 4.74. The summed E-state index contributed by atoms with van der Waals surface area (Å²) in [5.74, 6) is 1.01. The first-order chi connectivity index (χ1) is 8.61. The number of ether oxygens (including phenoxy) is 1. The van der Waals surface area contributed by atoms with E-state index >= 15 is 0 Å². The maximum atomic E-state index is 5.82. The van der Waals surface area contributed by atoms with Crippen molar-refractivity contribution in [2.75, 3.05) is 6.61 Å². The lowest BCUT2D eigenvalue weighted by Crippen LogP contribution is -2.62. The Kier molecular flexibility index (Phi) is 4.13. The van der Waals surface area contributed by atoms with Crippen LogP contribution in [0, 0.1) is 5.41 Å². The molecule has 1 aliphatic rings. The largest absolute Gasteiger partial charge is 0.468 e. The van der Waals surface area contributed by atoms with E-state index in [9.17, 15) is 0 Å². The quantitative estimate of drug-likeness (QED) is 0.840. The second kappa shape index (κ2) is 5.45. The molecule has 0 spiro atoms. The number of nitrogens with one attached hydrogen (secondary N) is 1. The number of rotatable bonds is 6. The normalized spacial score (nSPS) is 33.1. The zero-order chi connectivity index (χ0) is 13.2. The van der Waals surface area contributed by atoms with Crippen LogP contribution >= 0.6 is 0 Å². The van der Waals surface area contributed by atoms with E-state index in [2.05, 4.69) is 33.0 Å². The van der Waals surface area contributed by atoms with Crippen molar-refractivity contribution in [1.29, 1.82) is 0 Å². The van der Waals surface area contributed by atoms with Gasteiger partial charge >= 0.3 is 0 Å². The van der Waals surface area contributed by atoms with Crippen LogP contribution in [0.2, 0.25) is 0 Å². The predicted octanol–water partition coefficient (Wildman–Crippen LogP) is 3.52. The smallest absolute Gasteiger partial charge is 0.120 e. The molecule has 0 aromatic carbocycles. The number of hydrogen-bond donors (Lipinski definition) is 1. The summed E-state index contributed by atoms with van der Waals surface area (Å²) >= 11 is 0. The lowest BCUT2D eigenvalue weighted by Gasteiger charge is -2.54. The lowest BCUT2D eigenvalue weighted by atomic mass is 9.61. The second-order valence-corrected chi connectivity index (χ2v) is 5.50. The molecule has 1 fully saturated rings. The maximum Gasteiger partial charge on any atom is 0.120 e. The minimum atomic E-state index is 0.247. The highest BCUT2D eigenvalue weighted by Gasteiger charge is 2.51. The molecule has 18 heavy (non-hydrogen) atoms. The third-order valence-electron chi connectivity index (χ3n) is 4.53. The molecule has 2 rings (SSSR count). The van der Waals surface area contributed by atoms with Crippen LogP contribution in [0.1, 0.15) is 52.3 Å². The molecule has 1 aromatic rings. The summed E-state index contributed by atoms with van der Waals surface area (Å²) < 4.78 is 11.3. The van der Waals surface area contributed by atoms with Crippen molar-refractivity contribution < 1.29 is 9.15 Å². The Hall–Kier alpha value is -0.800. The van der Waals surface area contributed by atoms with Gasteiger partial charge in [0.05, 0.1) is 18.4 Å². The second-order valence-electron chi connectivity index (χ2n) is 5.50. The van der Waals surface area contributed by atoms with E-state index in [0.29, 0.717) is 12.1 Å². The molecule has 4 unspecified atom stereocenters. The molecule has 3 nitrogen and oxygen atoms in total. The van der Waals surface area contributed by atoms with Crippen LogP contribution in [0.5, 0.6) is 0 Å². The highest BCUT2D eigenvalue weighted by Crippen LogP contribution is 2.46. The summed E-state index contributed by atoms with van der Waals surface area (Å²) in [5.41, 5.74) is 0.247. The lowest BCUT2D eigenvalue weighted by molar-refractivity contribution is -0.128. The summed E-state index contributed by atoms with van der Waals surface area (Å²) in [4.78, 5) is 0. The van der Waals surface area contributed by atoms with E-state index in [1.165, 1.54) is 0 Å². The van der Waals surface area contributed by atoms with Crippen molar-refractivity contribution in [2.24, 2.45) is 5.41 Å². The van der Waals surface area contributed by atoms with Gasteiger partial charge < -0.3 is 14.5 Å². The Morgan fingerprint density at radius 2 is 2.33 bits per heavy atom. The van der Waals surface area contributed by atoms with Crippen molar-refractivity contribution >= 4 is 0 Å². The Balaban J connectivity index is 1.95. The van der Waals surface area contributed by atoms with Gasteiger partial charge in [-0.05, 0) is 38.8 Å². The summed E-state index contributed by atoms with van der Waals surface area (Å²) in [5, 5.41) is 3.67. The van der Waals surface area contributed by atoms with Gasteiger partial charge in [-0.3, -0.25) is 0 Å². The van der Waals surface area contributed by atoms with Gasteiger partial charge in [-0.2, -0.15) is 0 Å². The molecule has 1 saturated carbocycles. The van der Waals surface area contributed by atoms with Crippen LogP contribution in [0.3, 0.4) is 0 Å². The van der Waals surface area contributed by atoms with Gasteiger partial charge in [0.25, 0.3) is 0 Å². The van der Waals surface area contributed by atoms with Crippen molar-refractivity contribution in [3.05, 3.63) is 24.2 Å². The van der Waals surface area contributed by atoms with Crippen molar-refractivity contribution in [1.82, 2.24) is 5.32 Å². The standard InChI is InChI=1S/C15H25NO2/c1-5-15(4)13(10-14(15)17-6-2)16-11(3)12-8-7-9-18-12/h7-9,11,13-14,16H,5-6,10H2,1-4H3. The first kappa shape index (κ1) is 13.6. The topological polar surface area (TPSA) is 34.4 Å². The van der Waals surface area contributed by atoms with E-state index in [1.54, 1.807) is 6.26 Å². The van der Waals surface area contributed by atoms with Crippen LogP contribution in [-0.4, -0.2) is 18.8 Å². The van der Waals surface area contributed by atoms with Gasteiger partial charge in [0.15, 0.2) is 0 Å². The fourth-order valence-electron chi connectivity index (χ4n) is 2.93. The van der Waals surface area contributed by atoms with Crippen molar-refractivity contribution in [3.63, 3.8) is 0 Å². The van der Waals surface area contributed by atoms with Crippen LogP contribution in [0.25, 0.3) is 0 Å². The van der Waals surface area contributed by atoms with E-state index in [4.69, 9.17) is 9.15 Å². The van der Waals surface area contributed by atoms with Crippen LogP contribution in [0.15, 0.2) is 22.8 Å². The first-order valence-electron chi connectivity index (χ1n) is 7.02. The average molecular weight is 251 g/mol. The predicted molar refractivity (Wildman–Crippen MR) is 72.5 cm³/mol. The summed E-state index contributed by atoms with van der Waals surface area (Å²) in [6.07, 6.45) is 4.37. The average Bonchev–Trinajstić information content (AvgIpc) is 2.90. The molecule has 0 saturated heterocycles. The highest BCUT2D eigenvalue weighted by molar-refractivity contribution is 5.09. The van der Waals surface area contributed by atoms with Crippen molar-refractivity contribution in [2.45, 2.75) is 58.7 Å². The first-order valence-corrected chi connectivity index (χ1v) is 7.02. The van der Waals surface area contributed by atoms with Crippen molar-refractivity contribution in [3.8, 4) is 0 Å². The Morgan fingerprint density at radius 1 is 1.56 bits per heavy atom. The molecule has 0 aliphatic heterocycles. The third-order valence-corrected chi connectivity index (χ3v) is 4.53. The Morgan fingerprint density at radius 3 is 2.89 bits per heavy atom. The van der Waals surface area contributed by atoms with E-state index in [-0.39, 0.29) is 11.5 Å². The van der Waals surface area contributed by atoms with E-state index in [0.717, 1.165) is 25.2 Å². The molecule has 0 bridgehead atoms. The van der Waals surface area contributed by atoms with Gasteiger partial charge in [0.2, 0.25) is 0 Å². The number of hydrogen-bond acceptors (Lipinski definition) is 3. The molecule has 1 aromatic heterocycles. The molecule has 1 heterocycles. The molecule has 1 aliphatic carbocycles. The van der Waals surface area contributed by atoms with Gasteiger partial charge in [0, 0.05) is 18.1 Å².